The average Bonchev–Trinajstić information content (AvgIpc) is 3.70. The number of hydrogen-bond donors (Lipinski definition) is 0. The van der Waals surface area contributed by atoms with Gasteiger partial charge in [0.2, 0.25) is 0 Å². The van der Waals surface area contributed by atoms with Gasteiger partial charge in [-0.1, -0.05) is 170 Å². The molecule has 0 fully saturated rings. The van der Waals surface area contributed by atoms with E-state index < -0.39 is 5.41 Å². The van der Waals surface area contributed by atoms with Gasteiger partial charge in [-0.3, -0.25) is 0 Å². The maximum Gasteiger partial charge on any atom is 0.159 e. The van der Waals surface area contributed by atoms with Crippen LogP contribution in [0.3, 0.4) is 0 Å². The summed E-state index contributed by atoms with van der Waals surface area (Å²) in [6.07, 6.45) is 4.58. The fraction of sp³-hybridized carbons (Fsp3) is 0.0196. The molecule has 0 N–H and O–H groups in total. The Hall–Kier alpha value is -6.90. The summed E-state index contributed by atoms with van der Waals surface area (Å²) in [6.45, 7) is 0. The zero-order valence-electron chi connectivity index (χ0n) is 28.9. The van der Waals surface area contributed by atoms with E-state index in [4.69, 9.17) is 4.42 Å². The van der Waals surface area contributed by atoms with E-state index in [0.717, 1.165) is 50.1 Å². The van der Waals surface area contributed by atoms with Crippen molar-refractivity contribution < 1.29 is 4.42 Å². The van der Waals surface area contributed by atoms with Crippen LogP contribution in [-0.4, -0.2) is 0 Å². The normalized spacial score (nSPS) is 13.4. The highest BCUT2D eigenvalue weighted by Crippen LogP contribution is 2.59. The standard InChI is InChI=1S/C51H33NO/c1-2-15-34(16-3-1)38-19-7-12-26-47(38)52(48-27-14-22-42-41-21-8-13-28-49(41)53-50(42)48)37-31-32-40-39-20-6-11-25-45(39)51(46(40)33-37)43-23-9-4-17-35(43)29-30-36-18-5-10-24-44(36)51/h1-33H. The van der Waals surface area contributed by atoms with Crippen LogP contribution in [0.5, 0.6) is 0 Å². The van der Waals surface area contributed by atoms with Crippen LogP contribution in [0, 0.1) is 0 Å². The van der Waals surface area contributed by atoms with E-state index in [1.807, 2.05) is 6.07 Å². The van der Waals surface area contributed by atoms with Gasteiger partial charge in [0.05, 0.1) is 16.8 Å². The molecule has 8 aromatic carbocycles. The second-order valence-corrected chi connectivity index (χ2v) is 14.0. The Kier molecular flexibility index (Phi) is 6.50. The molecule has 248 valence electrons. The highest BCUT2D eigenvalue weighted by molar-refractivity contribution is 6.11. The van der Waals surface area contributed by atoms with E-state index in [9.17, 15) is 0 Å². The molecule has 2 nitrogen and oxygen atoms in total. The number of benzene rings is 8. The van der Waals surface area contributed by atoms with Gasteiger partial charge < -0.3 is 9.32 Å². The molecule has 2 aliphatic carbocycles. The Balaban J connectivity index is 1.25. The summed E-state index contributed by atoms with van der Waals surface area (Å²) in [5.74, 6) is 0. The van der Waals surface area contributed by atoms with Crippen molar-refractivity contribution in [2.45, 2.75) is 5.41 Å². The minimum atomic E-state index is -0.533. The molecule has 1 aromatic heterocycles. The Bertz CT molecular complexity index is 2860. The van der Waals surface area contributed by atoms with Crippen LogP contribution in [0.25, 0.3) is 56.3 Å². The van der Waals surface area contributed by atoms with Crippen molar-refractivity contribution in [2.75, 3.05) is 4.90 Å². The highest BCUT2D eigenvalue weighted by atomic mass is 16.3. The first-order valence-electron chi connectivity index (χ1n) is 18.3. The van der Waals surface area contributed by atoms with Gasteiger partial charge in [-0.05, 0) is 80.4 Å². The summed E-state index contributed by atoms with van der Waals surface area (Å²) in [5.41, 5.74) is 16.8. The van der Waals surface area contributed by atoms with Crippen LogP contribution in [0.1, 0.15) is 33.4 Å². The number of para-hydroxylation sites is 3. The van der Waals surface area contributed by atoms with E-state index in [-0.39, 0.29) is 0 Å². The molecule has 1 heterocycles. The number of fused-ring (bicyclic) bond motifs is 12. The molecule has 11 rings (SSSR count). The molecule has 2 aliphatic rings. The predicted octanol–water partition coefficient (Wildman–Crippen LogP) is 13.6. The van der Waals surface area contributed by atoms with Crippen LogP contribution in [0.2, 0.25) is 0 Å². The first-order valence-corrected chi connectivity index (χ1v) is 18.3. The van der Waals surface area contributed by atoms with E-state index in [1.54, 1.807) is 0 Å². The fourth-order valence-electron chi connectivity index (χ4n) is 9.13. The Morgan fingerprint density at radius 2 is 0.981 bits per heavy atom. The lowest BCUT2D eigenvalue weighted by Crippen LogP contribution is -2.30. The molecule has 0 aliphatic heterocycles. The molecule has 0 atom stereocenters. The third-order valence-electron chi connectivity index (χ3n) is 11.3. The van der Waals surface area contributed by atoms with Crippen LogP contribution >= 0.6 is 0 Å². The quantitative estimate of drug-likeness (QED) is 0.185. The molecule has 0 unspecified atom stereocenters. The molecule has 53 heavy (non-hydrogen) atoms. The van der Waals surface area contributed by atoms with Crippen molar-refractivity contribution in [2.24, 2.45) is 0 Å². The lowest BCUT2D eigenvalue weighted by molar-refractivity contribution is 0.669. The first-order chi connectivity index (χ1) is 26.3. The molecule has 2 heteroatoms. The van der Waals surface area contributed by atoms with Crippen molar-refractivity contribution in [3.05, 3.63) is 221 Å². The highest BCUT2D eigenvalue weighted by Gasteiger charge is 2.48. The van der Waals surface area contributed by atoms with Crippen molar-refractivity contribution in [1.82, 2.24) is 0 Å². The smallest absolute Gasteiger partial charge is 0.159 e. The van der Waals surface area contributed by atoms with Crippen molar-refractivity contribution in [3.63, 3.8) is 0 Å². The molecule has 0 saturated heterocycles. The van der Waals surface area contributed by atoms with Crippen molar-refractivity contribution >= 4 is 51.2 Å². The maximum absolute atomic E-state index is 6.77. The average molecular weight is 676 g/mol. The van der Waals surface area contributed by atoms with Crippen LogP contribution in [0.15, 0.2) is 192 Å². The van der Waals surface area contributed by atoms with Gasteiger partial charge in [-0.15, -0.1) is 0 Å². The van der Waals surface area contributed by atoms with Gasteiger partial charge in [0.15, 0.2) is 5.58 Å². The van der Waals surface area contributed by atoms with Gasteiger partial charge in [0.25, 0.3) is 0 Å². The molecule has 0 amide bonds. The van der Waals surface area contributed by atoms with Gasteiger partial charge in [0, 0.05) is 22.0 Å². The number of rotatable bonds is 4. The lowest BCUT2D eigenvalue weighted by Gasteiger charge is -2.36. The zero-order chi connectivity index (χ0) is 34.9. The Morgan fingerprint density at radius 1 is 0.396 bits per heavy atom. The second-order valence-electron chi connectivity index (χ2n) is 14.0. The third kappa shape index (κ3) is 4.27. The maximum atomic E-state index is 6.77. The minimum Gasteiger partial charge on any atom is -0.454 e. The summed E-state index contributed by atoms with van der Waals surface area (Å²) < 4.78 is 6.77. The largest absolute Gasteiger partial charge is 0.454 e. The van der Waals surface area contributed by atoms with E-state index in [1.165, 1.54) is 44.5 Å². The molecular weight excluding hydrogens is 643 g/mol. The molecule has 0 bridgehead atoms. The Labute approximate surface area is 308 Å². The molecule has 9 aromatic rings. The second kappa shape index (κ2) is 11.6. The molecule has 1 spiro atoms. The Morgan fingerprint density at radius 3 is 1.77 bits per heavy atom. The molecule has 0 radical (unpaired) electrons. The van der Waals surface area contributed by atoms with E-state index in [2.05, 4.69) is 199 Å². The summed E-state index contributed by atoms with van der Waals surface area (Å²) in [4.78, 5) is 2.41. The van der Waals surface area contributed by atoms with Gasteiger partial charge in [-0.2, -0.15) is 0 Å². The van der Waals surface area contributed by atoms with Crippen LogP contribution in [-0.2, 0) is 5.41 Å². The van der Waals surface area contributed by atoms with E-state index >= 15 is 0 Å². The number of hydrogen-bond acceptors (Lipinski definition) is 2. The number of nitrogens with zero attached hydrogens (tertiary/aromatic N) is 1. The monoisotopic (exact) mass is 675 g/mol. The molecular formula is C51H33NO. The number of furan rings is 1. The van der Waals surface area contributed by atoms with Gasteiger partial charge in [0.1, 0.15) is 5.58 Å². The zero-order valence-corrected chi connectivity index (χ0v) is 28.9. The first kappa shape index (κ1) is 29.8. The van der Waals surface area contributed by atoms with Crippen molar-refractivity contribution in [3.8, 4) is 22.3 Å². The topological polar surface area (TPSA) is 16.4 Å². The summed E-state index contributed by atoms with van der Waals surface area (Å²) in [6, 6.07) is 68.3. The van der Waals surface area contributed by atoms with Gasteiger partial charge in [-0.25, -0.2) is 0 Å². The summed E-state index contributed by atoms with van der Waals surface area (Å²) in [7, 11) is 0. The van der Waals surface area contributed by atoms with Crippen LogP contribution in [0.4, 0.5) is 17.1 Å². The van der Waals surface area contributed by atoms with E-state index in [0.29, 0.717) is 0 Å². The SMILES string of the molecule is C1=Cc2ccccc2C2(c3ccccc31)c1ccccc1-c1ccc(N(c3ccccc3-c3ccccc3)c3cccc4c3oc3ccccc34)cc12. The van der Waals surface area contributed by atoms with Gasteiger partial charge >= 0.3 is 0 Å². The summed E-state index contributed by atoms with van der Waals surface area (Å²) >= 11 is 0. The number of anilines is 3. The summed E-state index contributed by atoms with van der Waals surface area (Å²) in [5, 5.41) is 2.21. The van der Waals surface area contributed by atoms with Crippen LogP contribution < -0.4 is 4.90 Å². The lowest BCUT2D eigenvalue weighted by atomic mass is 9.66. The third-order valence-corrected chi connectivity index (χ3v) is 11.3. The fourth-order valence-corrected chi connectivity index (χ4v) is 9.13. The predicted molar refractivity (Wildman–Crippen MR) is 220 cm³/mol. The minimum absolute atomic E-state index is 0.533. The van der Waals surface area contributed by atoms with Crippen molar-refractivity contribution in [1.29, 1.82) is 0 Å². The molecule has 0 saturated carbocycles.